The first-order valence-corrected chi connectivity index (χ1v) is 23.7. The third kappa shape index (κ3) is 7.72. The predicted molar refractivity (Wildman–Crippen MR) is 267 cm³/mol. The van der Waals surface area contributed by atoms with Crippen molar-refractivity contribution in [2.75, 3.05) is 9.80 Å². The van der Waals surface area contributed by atoms with Gasteiger partial charge in [-0.05, 0) is 23.3 Å². The van der Waals surface area contributed by atoms with Crippen molar-refractivity contribution in [2.24, 2.45) is 0 Å². The van der Waals surface area contributed by atoms with E-state index in [2.05, 4.69) is 225 Å². The molecule has 7 heteroatoms. The zero-order valence-corrected chi connectivity index (χ0v) is 41.2. The Morgan fingerprint density at radius 2 is 1.22 bits per heavy atom. The second-order valence-electron chi connectivity index (χ2n) is 18.6. The molecule has 1 aliphatic heterocycles. The molecule has 10 aromatic rings. The second-order valence-corrected chi connectivity index (χ2v) is 20.5. The molecule has 7 aromatic carbocycles. The molecule has 0 atom stereocenters. The molecular weight excluding hydrogens is 1040 g/mol. The number of anilines is 4. The zero-order chi connectivity index (χ0) is 43.7. The maximum Gasteiger partial charge on any atom is 0 e. The van der Waals surface area contributed by atoms with Crippen LogP contribution in [-0.2, 0) is 31.9 Å². The molecule has 11 rings (SSSR count). The van der Waals surface area contributed by atoms with Crippen LogP contribution >= 0.6 is 0 Å². The number of benzene rings is 7. The van der Waals surface area contributed by atoms with Crippen molar-refractivity contribution in [2.45, 2.75) is 52.4 Å². The summed E-state index contributed by atoms with van der Waals surface area (Å²) in [7, 11) is 0. The van der Waals surface area contributed by atoms with Crippen LogP contribution in [-0.4, -0.2) is 24.1 Å². The van der Waals surface area contributed by atoms with Gasteiger partial charge in [0.25, 0.3) is 0 Å². The van der Waals surface area contributed by atoms with Gasteiger partial charge in [0.15, 0.2) is 0 Å². The van der Waals surface area contributed by atoms with Crippen molar-refractivity contribution in [3.05, 3.63) is 199 Å². The van der Waals surface area contributed by atoms with Crippen LogP contribution < -0.4 is 14.5 Å². The van der Waals surface area contributed by atoms with Crippen LogP contribution in [0, 0.1) is 18.8 Å². The predicted octanol–water partition coefficient (Wildman–Crippen LogP) is 15.1. The second kappa shape index (κ2) is 16.7. The molecular formula is C58H47N4OPtSe-3. The molecule has 0 saturated carbocycles. The summed E-state index contributed by atoms with van der Waals surface area (Å²) < 4.78 is 10.2. The average Bonchev–Trinajstić information content (AvgIpc) is 4.02. The summed E-state index contributed by atoms with van der Waals surface area (Å²) in [5, 5.41) is 3.57. The van der Waals surface area contributed by atoms with Crippen LogP contribution in [0.25, 0.3) is 59.7 Å². The van der Waals surface area contributed by atoms with E-state index in [-0.39, 0.29) is 46.4 Å². The largest absolute Gasteiger partial charge is 0 e. The fourth-order valence-electron chi connectivity index (χ4n) is 9.10. The van der Waals surface area contributed by atoms with Crippen molar-refractivity contribution < 1.29 is 25.8 Å². The SMILES string of the molecule is CC(C)(C)c1ccc2c(c1)c1ccc(Oc3[c-]c(N4[CH-]N(c5c(-c6ccccc6)cccc5-c5ccccc5)c5ccccc54)ccc3)[c-]c1n2-c1cc(C(C)(C)C)c2cc[se]c2n1.[Pt]. The van der Waals surface area contributed by atoms with Crippen molar-refractivity contribution in [1.82, 2.24) is 9.55 Å². The van der Waals surface area contributed by atoms with E-state index in [0.717, 1.165) is 67.2 Å². The first-order chi connectivity index (χ1) is 31.0. The summed E-state index contributed by atoms with van der Waals surface area (Å²) in [6.07, 6.45) is 0. The van der Waals surface area contributed by atoms with Crippen LogP contribution in [0.1, 0.15) is 52.7 Å². The molecule has 0 amide bonds. The van der Waals surface area contributed by atoms with Crippen molar-refractivity contribution in [3.8, 4) is 39.6 Å². The number of aromatic nitrogens is 2. The Morgan fingerprint density at radius 1 is 0.569 bits per heavy atom. The van der Waals surface area contributed by atoms with Gasteiger partial charge in [0.2, 0.25) is 0 Å². The number of hydrogen-bond donors (Lipinski definition) is 0. The molecule has 0 bridgehead atoms. The first-order valence-electron chi connectivity index (χ1n) is 21.9. The number of nitrogens with zero attached hydrogens (tertiary/aromatic N) is 4. The quantitative estimate of drug-likeness (QED) is 0.118. The molecule has 0 fully saturated rings. The normalized spacial score (nSPS) is 12.8. The maximum atomic E-state index is 6.75. The van der Waals surface area contributed by atoms with Gasteiger partial charge >= 0.3 is 230 Å². The molecule has 4 heterocycles. The number of ether oxygens (including phenoxy) is 1. The molecule has 5 nitrogen and oxygen atoms in total. The van der Waals surface area contributed by atoms with Crippen LogP contribution in [0.2, 0.25) is 0 Å². The van der Waals surface area contributed by atoms with Gasteiger partial charge in [-0.15, -0.1) is 6.67 Å². The number of rotatable bonds is 7. The smallest absolute Gasteiger partial charge is 0 e. The number of fused-ring (bicyclic) bond motifs is 5. The van der Waals surface area contributed by atoms with E-state index >= 15 is 0 Å². The topological polar surface area (TPSA) is 33.5 Å². The minimum absolute atomic E-state index is 0. The molecule has 1 aliphatic rings. The number of hydrogen-bond acceptors (Lipinski definition) is 4. The van der Waals surface area contributed by atoms with Crippen molar-refractivity contribution in [3.63, 3.8) is 0 Å². The Morgan fingerprint density at radius 3 is 1.89 bits per heavy atom. The van der Waals surface area contributed by atoms with E-state index in [4.69, 9.17) is 9.72 Å². The van der Waals surface area contributed by atoms with Gasteiger partial charge in [-0.3, -0.25) is 0 Å². The molecule has 0 N–H and O–H groups in total. The Labute approximate surface area is 402 Å². The van der Waals surface area contributed by atoms with Gasteiger partial charge < -0.3 is 4.90 Å². The summed E-state index contributed by atoms with van der Waals surface area (Å²) in [5.41, 5.74) is 13.3. The van der Waals surface area contributed by atoms with E-state index in [1.165, 1.54) is 26.3 Å². The van der Waals surface area contributed by atoms with Crippen molar-refractivity contribution >= 4 is 68.8 Å². The summed E-state index contributed by atoms with van der Waals surface area (Å²) >= 11 is 0.183. The zero-order valence-electron chi connectivity index (χ0n) is 37.2. The average molecular weight is 1090 g/mol. The minimum atomic E-state index is -0.0523. The summed E-state index contributed by atoms with van der Waals surface area (Å²) in [5.74, 6) is 2.13. The first kappa shape index (κ1) is 42.8. The molecule has 0 saturated heterocycles. The Kier molecular flexibility index (Phi) is 11.0. The number of pyridine rings is 1. The van der Waals surface area contributed by atoms with Gasteiger partial charge in [-0.1, -0.05) is 91.0 Å². The Bertz CT molecular complexity index is 3320. The van der Waals surface area contributed by atoms with Gasteiger partial charge in [-0.2, -0.15) is 0 Å². The fourth-order valence-corrected chi connectivity index (χ4v) is 10.7. The molecule has 65 heavy (non-hydrogen) atoms. The van der Waals surface area contributed by atoms with Gasteiger partial charge in [0.05, 0.1) is 0 Å². The van der Waals surface area contributed by atoms with Gasteiger partial charge in [0, 0.05) is 49.3 Å². The van der Waals surface area contributed by atoms with E-state index in [1.54, 1.807) is 0 Å². The van der Waals surface area contributed by atoms with Gasteiger partial charge in [-0.25, -0.2) is 0 Å². The maximum absolute atomic E-state index is 6.75. The van der Waals surface area contributed by atoms with Crippen molar-refractivity contribution in [1.29, 1.82) is 0 Å². The molecule has 3 aromatic heterocycles. The molecule has 324 valence electrons. The summed E-state index contributed by atoms with van der Waals surface area (Å²) in [4.78, 5) is 12.2. The molecule has 0 aliphatic carbocycles. The fraction of sp³-hybridized carbons (Fsp3) is 0.138. The van der Waals surface area contributed by atoms with Crippen LogP contribution in [0.4, 0.5) is 22.7 Å². The third-order valence-electron chi connectivity index (χ3n) is 12.3. The standard InChI is InChI=1S/C58H47N4OSe.Pt/c1-57(2,3)40-27-30-50-48(33-40)46-29-28-43(35-53(46)62(50)54-36-49(58(4,5)6)47-31-32-64-56(47)59-54)63-42-22-15-21-41(34-42)60-37-61(52-26-14-13-25-51(52)60)55-44(38-17-9-7-10-18-38)23-16-24-45(55)39-19-11-8-12-20-39;/h7-33,36-37H,1-6H3;/q-3;. The minimum Gasteiger partial charge on any atom is 0 e. The monoisotopic (exact) mass is 1090 g/mol. The third-order valence-corrected chi connectivity index (χ3v) is 14.0. The van der Waals surface area contributed by atoms with E-state index in [1.807, 2.05) is 18.2 Å². The Balaban J connectivity index is 0.00000498. The van der Waals surface area contributed by atoms with E-state index < -0.39 is 0 Å². The number of para-hydroxylation sites is 3. The van der Waals surface area contributed by atoms with E-state index in [9.17, 15) is 0 Å². The molecule has 0 spiro atoms. The summed E-state index contributed by atoms with van der Waals surface area (Å²) in [6.45, 7) is 15.9. The van der Waals surface area contributed by atoms with E-state index in [0.29, 0.717) is 11.5 Å². The Hall–Kier alpha value is -6.16. The van der Waals surface area contributed by atoms with Crippen LogP contribution in [0.15, 0.2) is 169 Å². The van der Waals surface area contributed by atoms with Gasteiger partial charge in [0.1, 0.15) is 0 Å². The molecule has 0 radical (unpaired) electrons. The molecule has 0 unspecified atom stereocenters. The van der Waals surface area contributed by atoms with Crippen LogP contribution in [0.3, 0.4) is 0 Å². The summed E-state index contributed by atoms with van der Waals surface area (Å²) in [6, 6.07) is 65.5. The van der Waals surface area contributed by atoms with Crippen LogP contribution in [0.5, 0.6) is 11.5 Å².